The van der Waals surface area contributed by atoms with Gasteiger partial charge in [-0.05, 0) is 23.6 Å². The van der Waals surface area contributed by atoms with Gasteiger partial charge < -0.3 is 14.8 Å². The van der Waals surface area contributed by atoms with Crippen LogP contribution in [0.15, 0.2) is 61.3 Å². The molecule has 30 heavy (non-hydrogen) atoms. The lowest BCUT2D eigenvalue weighted by Crippen LogP contribution is -2.19. The van der Waals surface area contributed by atoms with Crippen LogP contribution in [0.4, 0.5) is 5.82 Å². The Morgan fingerprint density at radius 2 is 1.90 bits per heavy atom. The van der Waals surface area contributed by atoms with Crippen molar-refractivity contribution in [1.29, 1.82) is 0 Å². The zero-order chi connectivity index (χ0) is 20.3. The molecule has 150 valence electrons. The van der Waals surface area contributed by atoms with Gasteiger partial charge in [-0.25, -0.2) is 15.0 Å². The number of hydrogen-bond donors (Lipinski definition) is 1. The summed E-state index contributed by atoms with van der Waals surface area (Å²) in [5, 5.41) is 5.66. The molecule has 1 N–H and O–H groups in total. The smallest absolute Gasteiger partial charge is 0.257 e. The van der Waals surface area contributed by atoms with Crippen molar-refractivity contribution in [2.75, 3.05) is 25.1 Å². The van der Waals surface area contributed by atoms with Gasteiger partial charge in [0.1, 0.15) is 25.4 Å². The second-order valence-electron chi connectivity index (χ2n) is 7.24. The number of anilines is 1. The summed E-state index contributed by atoms with van der Waals surface area (Å²) in [6, 6.07) is 12.2. The zero-order valence-corrected chi connectivity index (χ0v) is 16.6. The first-order valence-corrected chi connectivity index (χ1v) is 9.92. The average Bonchev–Trinajstić information content (AvgIpc) is 2.82. The lowest BCUT2D eigenvalue weighted by molar-refractivity contribution is 0.162. The van der Waals surface area contributed by atoms with Crippen molar-refractivity contribution in [2.45, 2.75) is 12.8 Å². The van der Waals surface area contributed by atoms with Crippen molar-refractivity contribution < 1.29 is 9.47 Å². The summed E-state index contributed by atoms with van der Waals surface area (Å²) in [7, 11) is 0. The van der Waals surface area contributed by atoms with Crippen LogP contribution in [0.25, 0.3) is 22.0 Å². The number of nitrogens with zero attached hydrogens (tertiary/aromatic N) is 4. The Bertz CT molecular complexity index is 1200. The van der Waals surface area contributed by atoms with Crippen molar-refractivity contribution in [3.05, 3.63) is 66.9 Å². The van der Waals surface area contributed by atoms with Crippen LogP contribution < -0.4 is 14.8 Å². The van der Waals surface area contributed by atoms with E-state index in [-0.39, 0.29) is 5.92 Å². The van der Waals surface area contributed by atoms with E-state index in [1.54, 1.807) is 18.7 Å². The summed E-state index contributed by atoms with van der Waals surface area (Å²) in [5.74, 6) is 2.28. The Morgan fingerprint density at radius 3 is 2.87 bits per heavy atom. The highest BCUT2D eigenvalue weighted by Gasteiger charge is 2.20. The fourth-order valence-corrected chi connectivity index (χ4v) is 3.58. The van der Waals surface area contributed by atoms with Crippen LogP contribution in [0, 0.1) is 0 Å². The fourth-order valence-electron chi connectivity index (χ4n) is 3.58. The fraction of sp³-hybridized carbons (Fsp3) is 0.217. The summed E-state index contributed by atoms with van der Waals surface area (Å²) in [6.07, 6.45) is 7.01. The molecule has 0 saturated heterocycles. The van der Waals surface area contributed by atoms with Crippen molar-refractivity contribution in [2.24, 2.45) is 0 Å². The molecule has 5 rings (SSSR count). The minimum Gasteiger partial charge on any atom is -0.484 e. The van der Waals surface area contributed by atoms with E-state index >= 15 is 0 Å². The Kier molecular flexibility index (Phi) is 4.85. The summed E-state index contributed by atoms with van der Waals surface area (Å²) in [4.78, 5) is 17.2. The number of aromatic nitrogens is 4. The highest BCUT2D eigenvalue weighted by atomic mass is 16.6. The quantitative estimate of drug-likeness (QED) is 0.542. The van der Waals surface area contributed by atoms with Crippen molar-refractivity contribution in [1.82, 2.24) is 19.9 Å². The predicted molar refractivity (Wildman–Crippen MR) is 115 cm³/mol. The first kappa shape index (κ1) is 18.3. The maximum atomic E-state index is 5.79. The van der Waals surface area contributed by atoms with Crippen molar-refractivity contribution in [3.8, 4) is 22.9 Å². The maximum absolute atomic E-state index is 5.79. The number of rotatable bonds is 5. The molecule has 0 fully saturated rings. The third-order valence-corrected chi connectivity index (χ3v) is 5.19. The monoisotopic (exact) mass is 399 g/mol. The summed E-state index contributed by atoms with van der Waals surface area (Å²) in [6.45, 7) is 3.91. The molecular weight excluding hydrogens is 378 g/mol. The Morgan fingerprint density at radius 1 is 0.967 bits per heavy atom. The number of ether oxygens (including phenoxy) is 2. The van der Waals surface area contributed by atoms with Gasteiger partial charge in [0.2, 0.25) is 0 Å². The largest absolute Gasteiger partial charge is 0.484 e. The molecule has 0 spiro atoms. The van der Waals surface area contributed by atoms with Gasteiger partial charge in [0.25, 0.3) is 5.88 Å². The first-order chi connectivity index (χ1) is 14.8. The molecule has 0 bridgehead atoms. The molecule has 1 aliphatic rings. The molecule has 1 atom stereocenters. The molecule has 7 heteroatoms. The van der Waals surface area contributed by atoms with E-state index in [1.165, 1.54) is 0 Å². The van der Waals surface area contributed by atoms with E-state index in [2.05, 4.69) is 50.4 Å². The predicted octanol–water partition coefficient (Wildman–Crippen LogP) is 4.07. The molecule has 1 aromatic carbocycles. The molecule has 3 aromatic heterocycles. The third-order valence-electron chi connectivity index (χ3n) is 5.19. The normalized spacial score (nSPS) is 13.8. The van der Waals surface area contributed by atoms with Gasteiger partial charge in [-0.15, -0.1) is 0 Å². The summed E-state index contributed by atoms with van der Waals surface area (Å²) >= 11 is 0. The lowest BCUT2D eigenvalue weighted by atomic mass is 10.0. The molecule has 0 saturated carbocycles. The van der Waals surface area contributed by atoms with Crippen LogP contribution in [0.2, 0.25) is 0 Å². The lowest BCUT2D eigenvalue weighted by Gasteiger charge is -2.22. The molecule has 1 aliphatic heterocycles. The molecule has 0 amide bonds. The van der Waals surface area contributed by atoms with Gasteiger partial charge in [-0.3, -0.25) is 4.98 Å². The van der Waals surface area contributed by atoms with E-state index in [0.717, 1.165) is 39.2 Å². The van der Waals surface area contributed by atoms with Crippen LogP contribution in [-0.4, -0.2) is 39.7 Å². The van der Waals surface area contributed by atoms with E-state index in [0.29, 0.717) is 25.6 Å². The third kappa shape index (κ3) is 3.61. The standard InChI is InChI=1S/C23H21N5O2/c1-15(19-5-7-25-23-22(19)29-8-9-30-23)12-26-21-11-20(27-14-28-21)17-2-3-18-13-24-6-4-16(18)10-17/h2-7,10-11,13-15H,8-9,12H2,1H3,(H,26,27,28). The molecule has 1 unspecified atom stereocenters. The van der Waals surface area contributed by atoms with Gasteiger partial charge in [0.05, 0.1) is 5.69 Å². The number of benzene rings is 1. The molecule has 7 nitrogen and oxygen atoms in total. The van der Waals surface area contributed by atoms with Gasteiger partial charge >= 0.3 is 0 Å². The van der Waals surface area contributed by atoms with Crippen LogP contribution in [0.5, 0.6) is 11.6 Å². The van der Waals surface area contributed by atoms with Gasteiger partial charge in [-0.1, -0.05) is 19.1 Å². The molecule has 4 heterocycles. The van der Waals surface area contributed by atoms with Crippen LogP contribution in [-0.2, 0) is 0 Å². The average molecular weight is 399 g/mol. The van der Waals surface area contributed by atoms with Crippen molar-refractivity contribution >= 4 is 16.6 Å². The molecule has 0 radical (unpaired) electrons. The van der Waals surface area contributed by atoms with Crippen LogP contribution in [0.3, 0.4) is 0 Å². The van der Waals surface area contributed by atoms with Crippen LogP contribution >= 0.6 is 0 Å². The van der Waals surface area contributed by atoms with E-state index in [4.69, 9.17) is 9.47 Å². The Balaban J connectivity index is 1.34. The minimum absolute atomic E-state index is 0.190. The second-order valence-corrected chi connectivity index (χ2v) is 7.24. The molecule has 4 aromatic rings. The number of fused-ring (bicyclic) bond motifs is 2. The maximum Gasteiger partial charge on any atom is 0.257 e. The molecular formula is C23H21N5O2. The van der Waals surface area contributed by atoms with Gasteiger partial charge in [0.15, 0.2) is 5.75 Å². The van der Waals surface area contributed by atoms with E-state index in [9.17, 15) is 0 Å². The highest BCUT2D eigenvalue weighted by Crippen LogP contribution is 2.35. The topological polar surface area (TPSA) is 82.1 Å². The summed E-state index contributed by atoms with van der Waals surface area (Å²) in [5.41, 5.74) is 2.99. The minimum atomic E-state index is 0.190. The zero-order valence-electron chi connectivity index (χ0n) is 16.6. The van der Waals surface area contributed by atoms with Gasteiger partial charge in [0, 0.05) is 53.6 Å². The number of pyridine rings is 2. The van der Waals surface area contributed by atoms with Gasteiger partial charge in [-0.2, -0.15) is 0 Å². The van der Waals surface area contributed by atoms with Crippen molar-refractivity contribution in [3.63, 3.8) is 0 Å². The highest BCUT2D eigenvalue weighted by molar-refractivity contribution is 5.86. The number of hydrogen-bond acceptors (Lipinski definition) is 7. The Hall–Kier alpha value is -3.74. The van der Waals surface area contributed by atoms with Crippen LogP contribution in [0.1, 0.15) is 18.4 Å². The second kappa shape index (κ2) is 7.94. The summed E-state index contributed by atoms with van der Waals surface area (Å²) < 4.78 is 11.4. The van der Waals surface area contributed by atoms with E-state index < -0.39 is 0 Å². The Labute approximate surface area is 174 Å². The SMILES string of the molecule is CC(CNc1cc(-c2ccc3cnccc3c2)ncn1)c1ccnc2c1OCCO2. The first-order valence-electron chi connectivity index (χ1n) is 9.92. The number of nitrogens with one attached hydrogen (secondary N) is 1. The molecule has 0 aliphatic carbocycles. The van der Waals surface area contributed by atoms with E-state index in [1.807, 2.05) is 24.4 Å².